The van der Waals surface area contributed by atoms with Crippen molar-refractivity contribution in [1.29, 1.82) is 0 Å². The van der Waals surface area contributed by atoms with Crippen molar-refractivity contribution in [3.8, 4) is 0 Å². The predicted molar refractivity (Wildman–Crippen MR) is 63.7 cm³/mol. The average Bonchev–Trinajstić information content (AvgIpc) is 2.76. The second-order valence-corrected chi connectivity index (χ2v) is 4.16. The third-order valence-corrected chi connectivity index (χ3v) is 2.84. The number of aliphatic carboxylic acids is 1. The molecule has 1 amide bonds. The molecule has 0 aromatic carbocycles. The summed E-state index contributed by atoms with van der Waals surface area (Å²) in [5, 5.41) is 13.4. The minimum absolute atomic E-state index is 0.162. The van der Waals surface area contributed by atoms with Crippen molar-refractivity contribution in [3.05, 3.63) is 28.7 Å². The van der Waals surface area contributed by atoms with E-state index in [-0.39, 0.29) is 18.7 Å². The topological polar surface area (TPSA) is 105 Å². The first-order valence-corrected chi connectivity index (χ1v) is 5.75. The van der Waals surface area contributed by atoms with E-state index in [1.54, 1.807) is 5.38 Å². The SMILES string of the molecule is C=CCC(NC(=O)c1csc(CN)n1)C(=O)O. The van der Waals surface area contributed by atoms with Crippen LogP contribution in [0.15, 0.2) is 18.0 Å². The number of carbonyl (C=O) groups excluding carboxylic acids is 1. The summed E-state index contributed by atoms with van der Waals surface area (Å²) in [7, 11) is 0. The van der Waals surface area contributed by atoms with E-state index < -0.39 is 17.9 Å². The summed E-state index contributed by atoms with van der Waals surface area (Å²) in [6.45, 7) is 3.69. The van der Waals surface area contributed by atoms with Gasteiger partial charge in [-0.25, -0.2) is 9.78 Å². The van der Waals surface area contributed by atoms with E-state index in [9.17, 15) is 9.59 Å². The van der Waals surface area contributed by atoms with Crippen LogP contribution in [0.4, 0.5) is 0 Å². The minimum atomic E-state index is -1.10. The molecule has 0 aliphatic carbocycles. The third kappa shape index (κ3) is 3.65. The van der Waals surface area contributed by atoms with Gasteiger partial charge in [0, 0.05) is 11.9 Å². The number of amides is 1. The number of thiazole rings is 1. The summed E-state index contributed by atoms with van der Waals surface area (Å²) >= 11 is 1.26. The highest BCUT2D eigenvalue weighted by molar-refractivity contribution is 7.09. The first-order chi connectivity index (χ1) is 8.08. The Balaban J connectivity index is 2.69. The van der Waals surface area contributed by atoms with Crippen molar-refractivity contribution >= 4 is 23.2 Å². The highest BCUT2D eigenvalue weighted by Crippen LogP contribution is 2.09. The highest BCUT2D eigenvalue weighted by atomic mass is 32.1. The maximum atomic E-state index is 11.7. The third-order valence-electron chi connectivity index (χ3n) is 1.96. The van der Waals surface area contributed by atoms with Crippen LogP contribution in [0.3, 0.4) is 0 Å². The van der Waals surface area contributed by atoms with Gasteiger partial charge in [0.15, 0.2) is 0 Å². The zero-order chi connectivity index (χ0) is 12.8. The molecule has 0 aliphatic heterocycles. The molecule has 1 heterocycles. The Labute approximate surface area is 102 Å². The molecule has 0 aliphatic rings. The van der Waals surface area contributed by atoms with E-state index in [0.717, 1.165) is 0 Å². The number of nitrogens with one attached hydrogen (secondary N) is 1. The molecular weight excluding hydrogens is 242 g/mol. The molecule has 0 saturated carbocycles. The van der Waals surface area contributed by atoms with Gasteiger partial charge in [-0.2, -0.15) is 0 Å². The number of rotatable bonds is 6. The van der Waals surface area contributed by atoms with Crippen LogP contribution in [-0.2, 0) is 11.3 Å². The summed E-state index contributed by atoms with van der Waals surface area (Å²) in [5.74, 6) is -1.62. The quantitative estimate of drug-likeness (QED) is 0.636. The van der Waals surface area contributed by atoms with Crippen LogP contribution in [0.25, 0.3) is 0 Å². The summed E-state index contributed by atoms with van der Waals surface area (Å²) < 4.78 is 0. The fourth-order valence-electron chi connectivity index (χ4n) is 1.13. The van der Waals surface area contributed by atoms with Crippen LogP contribution in [0.2, 0.25) is 0 Å². The molecule has 0 bridgehead atoms. The Kier molecular flexibility index (Phi) is 4.80. The molecule has 1 rings (SSSR count). The van der Waals surface area contributed by atoms with Crippen LogP contribution in [0.5, 0.6) is 0 Å². The fourth-order valence-corrected chi connectivity index (χ4v) is 1.78. The summed E-state index contributed by atoms with van der Waals surface area (Å²) in [6, 6.07) is -0.983. The van der Waals surface area contributed by atoms with Crippen molar-refractivity contribution in [3.63, 3.8) is 0 Å². The van der Waals surface area contributed by atoms with Gasteiger partial charge in [-0.1, -0.05) is 6.08 Å². The number of carboxylic acid groups (broad SMARTS) is 1. The largest absolute Gasteiger partial charge is 0.480 e. The van der Waals surface area contributed by atoms with Gasteiger partial charge in [-0.15, -0.1) is 17.9 Å². The maximum absolute atomic E-state index is 11.7. The molecule has 0 spiro atoms. The maximum Gasteiger partial charge on any atom is 0.326 e. The van der Waals surface area contributed by atoms with Crippen molar-refractivity contribution in [2.45, 2.75) is 19.0 Å². The summed E-state index contributed by atoms with van der Waals surface area (Å²) in [6.07, 6.45) is 1.60. The van der Waals surface area contributed by atoms with Gasteiger partial charge in [0.25, 0.3) is 5.91 Å². The van der Waals surface area contributed by atoms with Gasteiger partial charge >= 0.3 is 5.97 Å². The lowest BCUT2D eigenvalue weighted by atomic mass is 10.2. The number of hydrogen-bond donors (Lipinski definition) is 3. The number of carboxylic acids is 1. The number of nitrogens with zero attached hydrogens (tertiary/aromatic N) is 1. The van der Waals surface area contributed by atoms with Gasteiger partial charge in [0.1, 0.15) is 16.7 Å². The fraction of sp³-hybridized carbons (Fsp3) is 0.300. The lowest BCUT2D eigenvalue weighted by Gasteiger charge is -2.10. The number of aromatic nitrogens is 1. The molecule has 0 saturated heterocycles. The smallest absolute Gasteiger partial charge is 0.326 e. The Hall–Kier alpha value is -1.73. The molecule has 7 heteroatoms. The van der Waals surface area contributed by atoms with Crippen molar-refractivity contribution in [2.75, 3.05) is 0 Å². The van der Waals surface area contributed by atoms with Crippen molar-refractivity contribution in [2.24, 2.45) is 5.73 Å². The van der Waals surface area contributed by atoms with Crippen LogP contribution >= 0.6 is 11.3 Å². The van der Waals surface area contributed by atoms with E-state index >= 15 is 0 Å². The molecule has 1 atom stereocenters. The monoisotopic (exact) mass is 255 g/mol. The molecular formula is C10H13N3O3S. The number of nitrogens with two attached hydrogens (primary N) is 1. The van der Waals surface area contributed by atoms with Gasteiger partial charge in [0.2, 0.25) is 0 Å². The highest BCUT2D eigenvalue weighted by Gasteiger charge is 2.20. The summed E-state index contributed by atoms with van der Waals surface area (Å²) in [4.78, 5) is 26.4. The standard InChI is InChI=1S/C10H13N3O3S/c1-2-3-6(10(15)16)13-9(14)7-5-17-8(4-11)12-7/h2,5-6H,1,3-4,11H2,(H,13,14)(H,15,16). The molecule has 1 unspecified atom stereocenters. The molecule has 6 nitrogen and oxygen atoms in total. The molecule has 17 heavy (non-hydrogen) atoms. The number of carbonyl (C=O) groups is 2. The van der Waals surface area contributed by atoms with E-state index in [4.69, 9.17) is 10.8 Å². The molecule has 1 aromatic heterocycles. The van der Waals surface area contributed by atoms with E-state index in [2.05, 4.69) is 16.9 Å². The van der Waals surface area contributed by atoms with Crippen LogP contribution in [0.1, 0.15) is 21.9 Å². The molecule has 1 aromatic rings. The molecule has 0 fully saturated rings. The molecule has 4 N–H and O–H groups in total. The second-order valence-electron chi connectivity index (χ2n) is 3.22. The van der Waals surface area contributed by atoms with Crippen molar-refractivity contribution in [1.82, 2.24) is 10.3 Å². The van der Waals surface area contributed by atoms with Crippen LogP contribution in [0, 0.1) is 0 Å². The van der Waals surface area contributed by atoms with E-state index in [1.807, 2.05) is 0 Å². The van der Waals surface area contributed by atoms with Gasteiger partial charge in [0.05, 0.1) is 0 Å². The van der Waals surface area contributed by atoms with Gasteiger partial charge in [-0.05, 0) is 6.42 Å². The first-order valence-electron chi connectivity index (χ1n) is 4.87. The van der Waals surface area contributed by atoms with Crippen LogP contribution < -0.4 is 11.1 Å². The zero-order valence-electron chi connectivity index (χ0n) is 9.05. The lowest BCUT2D eigenvalue weighted by Crippen LogP contribution is -2.40. The zero-order valence-corrected chi connectivity index (χ0v) is 9.87. The first kappa shape index (κ1) is 13.3. The molecule has 92 valence electrons. The van der Waals surface area contributed by atoms with Gasteiger partial charge < -0.3 is 16.2 Å². The molecule has 0 radical (unpaired) electrons. The Bertz CT molecular complexity index is 430. The second kappa shape index (κ2) is 6.12. The van der Waals surface area contributed by atoms with E-state index in [0.29, 0.717) is 5.01 Å². The number of hydrogen-bond acceptors (Lipinski definition) is 5. The Morgan fingerprint density at radius 3 is 2.88 bits per heavy atom. The Morgan fingerprint density at radius 1 is 1.71 bits per heavy atom. The van der Waals surface area contributed by atoms with Crippen LogP contribution in [-0.4, -0.2) is 28.0 Å². The lowest BCUT2D eigenvalue weighted by molar-refractivity contribution is -0.139. The average molecular weight is 255 g/mol. The van der Waals surface area contributed by atoms with E-state index in [1.165, 1.54) is 17.4 Å². The predicted octanol–water partition coefficient (Wildman–Crippen LogP) is 0.361. The minimum Gasteiger partial charge on any atom is -0.480 e. The summed E-state index contributed by atoms with van der Waals surface area (Å²) in [5.41, 5.74) is 5.56. The van der Waals surface area contributed by atoms with Crippen molar-refractivity contribution < 1.29 is 14.7 Å². The van der Waals surface area contributed by atoms with Gasteiger partial charge in [-0.3, -0.25) is 4.79 Å². The Morgan fingerprint density at radius 2 is 2.41 bits per heavy atom. The normalized spacial score (nSPS) is 11.8.